The van der Waals surface area contributed by atoms with E-state index in [-0.39, 0.29) is 0 Å². The molecule has 0 aromatic rings. The maximum atomic E-state index is 10.0. The molecule has 0 aromatic heterocycles. The van der Waals surface area contributed by atoms with E-state index in [2.05, 4.69) is 0 Å². The van der Waals surface area contributed by atoms with Gasteiger partial charge in [-0.1, -0.05) is 0 Å². The Labute approximate surface area is 51.2 Å². The maximum absolute atomic E-state index is 10.0. The van der Waals surface area contributed by atoms with Crippen LogP contribution in [0.15, 0.2) is 0 Å². The summed E-state index contributed by atoms with van der Waals surface area (Å²) < 4.78 is 19.0. The fourth-order valence-corrected chi connectivity index (χ4v) is 2.20. The minimum absolute atomic E-state index is 0.596. The van der Waals surface area contributed by atoms with E-state index in [0.717, 1.165) is 12.8 Å². The minimum atomic E-state index is -2.89. The van der Waals surface area contributed by atoms with Gasteiger partial charge in [0, 0.05) is 0 Å². The third-order valence-corrected chi connectivity index (χ3v) is 2.97. The van der Waals surface area contributed by atoms with E-state index in [4.69, 9.17) is 3.44 Å². The molecule has 0 aliphatic heterocycles. The Bertz CT molecular complexity index is 62.7. The zero-order chi connectivity index (χ0) is 5.70. The van der Waals surface area contributed by atoms with E-state index in [9.17, 15) is 3.08 Å². The van der Waals surface area contributed by atoms with Crippen LogP contribution in [0.2, 0.25) is 4.44 Å². The Morgan fingerprint density at radius 1 is 1.71 bits per heavy atom. The zero-order valence-corrected chi connectivity index (χ0v) is 7.33. The van der Waals surface area contributed by atoms with Crippen molar-refractivity contribution in [3.05, 3.63) is 0 Å². The molecule has 0 aliphatic rings. The molecule has 0 atom stereocenters. The molecular weight excluding hydrogens is 199 g/mol. The van der Waals surface area contributed by atoms with Gasteiger partial charge in [0.1, 0.15) is 0 Å². The molecule has 0 unspecified atom stereocenters. The van der Waals surface area contributed by atoms with Gasteiger partial charge in [-0.05, 0) is 0 Å². The van der Waals surface area contributed by atoms with Gasteiger partial charge in [0.05, 0.1) is 0 Å². The third kappa shape index (κ3) is 6.56. The predicted octanol–water partition coefficient (Wildman–Crippen LogP) is 0.698. The van der Waals surface area contributed by atoms with E-state index < -0.39 is 20.2 Å². The molecule has 0 heterocycles. The average Bonchev–Trinajstić information content (AvgIpc) is 1.61. The van der Waals surface area contributed by atoms with Gasteiger partial charge in [-0.2, -0.15) is 0 Å². The van der Waals surface area contributed by atoms with E-state index >= 15 is 0 Å². The molecule has 0 saturated carbocycles. The Kier molecular flexibility index (Phi) is 5.09. The second kappa shape index (κ2) is 4.71. The first-order chi connectivity index (χ1) is 3.27. The summed E-state index contributed by atoms with van der Waals surface area (Å²) in [5.74, 6) is 0. The molecule has 2 nitrogen and oxygen atoms in total. The van der Waals surface area contributed by atoms with Crippen LogP contribution in [-0.2, 0) is 3.08 Å². The number of hydrogen-bond donors (Lipinski definition) is 1. The van der Waals surface area contributed by atoms with Gasteiger partial charge in [0.15, 0.2) is 0 Å². The summed E-state index contributed by atoms with van der Waals surface area (Å²) >= 11 is -2.89. The molecule has 1 N–H and O–H groups in total. The normalized spacial score (nSPS) is 8.86. The van der Waals surface area contributed by atoms with Gasteiger partial charge in [-0.3, -0.25) is 0 Å². The van der Waals surface area contributed by atoms with Crippen LogP contribution in [0.3, 0.4) is 0 Å². The van der Waals surface area contributed by atoms with Gasteiger partial charge in [0.2, 0.25) is 0 Å². The van der Waals surface area contributed by atoms with Crippen molar-refractivity contribution in [2.45, 2.75) is 24.2 Å². The van der Waals surface area contributed by atoms with Crippen LogP contribution in [0.25, 0.3) is 0 Å². The molecule has 7 heavy (non-hydrogen) atoms. The first-order valence-corrected chi connectivity index (χ1v) is 6.95. The topological polar surface area (TPSA) is 37.3 Å². The molecule has 0 aliphatic carbocycles. The second-order valence-electron chi connectivity index (χ2n) is 1.50. The predicted molar refractivity (Wildman–Crippen MR) is 28.4 cm³/mol. The molecule has 0 saturated heterocycles. The Hall–Kier alpha value is 0.559. The Morgan fingerprint density at radius 2 is 2.29 bits per heavy atom. The summed E-state index contributed by atoms with van der Waals surface area (Å²) in [7, 11) is 0. The molecule has 0 fully saturated rings. The number of rotatable bonds is 3. The summed E-state index contributed by atoms with van der Waals surface area (Å²) in [6, 6.07) is 0. The van der Waals surface area contributed by atoms with E-state index in [1.807, 2.05) is 6.92 Å². The van der Waals surface area contributed by atoms with E-state index in [0.29, 0.717) is 4.44 Å². The van der Waals surface area contributed by atoms with Gasteiger partial charge < -0.3 is 0 Å². The molecule has 42 valence electrons. The molecule has 0 radical (unpaired) electrons. The second-order valence-corrected chi connectivity index (χ2v) is 5.17. The molecule has 3 heteroatoms. The van der Waals surface area contributed by atoms with E-state index in [1.165, 1.54) is 0 Å². The van der Waals surface area contributed by atoms with Crippen LogP contribution in [0.5, 0.6) is 0 Å². The summed E-state index contributed by atoms with van der Waals surface area (Å²) in [4.78, 5) is 0. The van der Waals surface area contributed by atoms with Crippen molar-refractivity contribution in [2.24, 2.45) is 0 Å². The SMILES string of the molecule is CCC[CH2][Sn](=[O])[OH]. The first kappa shape index (κ1) is 7.56. The van der Waals surface area contributed by atoms with Crippen molar-refractivity contribution in [3.8, 4) is 0 Å². The van der Waals surface area contributed by atoms with Crippen molar-refractivity contribution in [3.63, 3.8) is 0 Å². The molecule has 0 bridgehead atoms. The summed E-state index contributed by atoms with van der Waals surface area (Å²) in [6.07, 6.45) is 1.96. The van der Waals surface area contributed by atoms with Crippen LogP contribution in [0, 0.1) is 0 Å². The Balaban J connectivity index is 2.82. The summed E-state index contributed by atoms with van der Waals surface area (Å²) in [6.45, 7) is 2.02. The summed E-state index contributed by atoms with van der Waals surface area (Å²) in [5, 5.41) is 0. The van der Waals surface area contributed by atoms with Crippen LogP contribution in [0.1, 0.15) is 19.8 Å². The van der Waals surface area contributed by atoms with Crippen LogP contribution >= 0.6 is 0 Å². The van der Waals surface area contributed by atoms with Gasteiger partial charge >= 0.3 is 50.9 Å². The van der Waals surface area contributed by atoms with Crippen LogP contribution < -0.4 is 0 Å². The monoisotopic (exact) mass is 210 g/mol. The van der Waals surface area contributed by atoms with E-state index in [1.54, 1.807) is 0 Å². The molecule has 0 amide bonds. The molecule has 0 rings (SSSR count). The quantitative estimate of drug-likeness (QED) is 0.694. The van der Waals surface area contributed by atoms with Crippen molar-refractivity contribution in [2.75, 3.05) is 0 Å². The number of unbranched alkanes of at least 4 members (excludes halogenated alkanes) is 1. The fourth-order valence-electron chi connectivity index (χ4n) is 0.328. The standard InChI is InChI=1S/C4H9.H2O.O.Sn/c1-3-4-2;;;/h1,3-4H2,2H3;1H2;;/q;;;+1/p-1. The van der Waals surface area contributed by atoms with Crippen LogP contribution in [0.4, 0.5) is 0 Å². The van der Waals surface area contributed by atoms with Gasteiger partial charge in [-0.25, -0.2) is 0 Å². The van der Waals surface area contributed by atoms with Crippen molar-refractivity contribution in [1.29, 1.82) is 0 Å². The first-order valence-electron chi connectivity index (χ1n) is 2.49. The molecule has 0 aromatic carbocycles. The number of hydrogen-bond acceptors (Lipinski definition) is 1. The summed E-state index contributed by atoms with van der Waals surface area (Å²) in [5.41, 5.74) is 0. The van der Waals surface area contributed by atoms with Crippen molar-refractivity contribution < 1.29 is 6.52 Å². The Morgan fingerprint density at radius 3 is 2.43 bits per heavy atom. The average molecular weight is 209 g/mol. The zero-order valence-electron chi connectivity index (χ0n) is 4.48. The van der Waals surface area contributed by atoms with Crippen LogP contribution in [-0.4, -0.2) is 23.6 Å². The van der Waals surface area contributed by atoms with Crippen molar-refractivity contribution >= 4 is 20.2 Å². The van der Waals surface area contributed by atoms with Gasteiger partial charge in [0.25, 0.3) is 0 Å². The molecule has 0 spiro atoms. The fraction of sp³-hybridized carbons (Fsp3) is 1.00. The third-order valence-electron chi connectivity index (χ3n) is 0.744. The van der Waals surface area contributed by atoms with Crippen molar-refractivity contribution in [1.82, 2.24) is 0 Å². The molecular formula is C4H10O2Sn. The van der Waals surface area contributed by atoms with Gasteiger partial charge in [-0.15, -0.1) is 0 Å².